The number of anilines is 1. The Labute approximate surface area is 117 Å². The predicted octanol–water partition coefficient (Wildman–Crippen LogP) is 3.08. The van der Waals surface area contributed by atoms with Crippen molar-refractivity contribution >= 4 is 21.6 Å². The fourth-order valence-electron chi connectivity index (χ4n) is 2.48. The highest BCUT2D eigenvalue weighted by Crippen LogP contribution is 2.30. The number of halogens is 1. The Bertz CT molecular complexity index is 403. The van der Waals surface area contributed by atoms with E-state index in [2.05, 4.69) is 46.1 Å². The van der Waals surface area contributed by atoms with Crippen molar-refractivity contribution in [2.24, 2.45) is 5.73 Å². The van der Waals surface area contributed by atoms with Gasteiger partial charge in [0.25, 0.3) is 0 Å². The summed E-state index contributed by atoms with van der Waals surface area (Å²) in [5, 5.41) is 0. The maximum absolute atomic E-state index is 6.08. The number of ether oxygens (including phenoxy) is 1. The first-order chi connectivity index (χ1) is 8.59. The van der Waals surface area contributed by atoms with Crippen molar-refractivity contribution in [2.75, 3.05) is 25.2 Å². The molecule has 0 saturated carbocycles. The Hall–Kier alpha value is -0.580. The third kappa shape index (κ3) is 3.05. The van der Waals surface area contributed by atoms with Gasteiger partial charge in [-0.05, 0) is 43.5 Å². The first kappa shape index (κ1) is 13.8. The lowest BCUT2D eigenvalue weighted by Gasteiger charge is -2.34. The van der Waals surface area contributed by atoms with Gasteiger partial charge in [0, 0.05) is 42.5 Å². The average molecular weight is 313 g/mol. The molecule has 1 atom stereocenters. The first-order valence-electron chi connectivity index (χ1n) is 6.45. The zero-order chi connectivity index (χ0) is 13.1. The summed E-state index contributed by atoms with van der Waals surface area (Å²) in [4.78, 5) is 2.35. The van der Waals surface area contributed by atoms with Crippen LogP contribution in [-0.4, -0.2) is 26.3 Å². The summed E-state index contributed by atoms with van der Waals surface area (Å²) >= 11 is 3.52. The molecule has 0 aliphatic carbocycles. The molecule has 0 bridgehead atoms. The van der Waals surface area contributed by atoms with Crippen molar-refractivity contribution in [1.29, 1.82) is 0 Å². The van der Waals surface area contributed by atoms with Crippen molar-refractivity contribution < 1.29 is 4.74 Å². The molecule has 2 N–H and O–H groups in total. The van der Waals surface area contributed by atoms with Crippen LogP contribution in [0.2, 0.25) is 0 Å². The fraction of sp³-hybridized carbons (Fsp3) is 0.571. The number of rotatable bonds is 3. The number of hydrogen-bond donors (Lipinski definition) is 1. The highest BCUT2D eigenvalue weighted by Gasteiger charge is 2.21. The Morgan fingerprint density at radius 2 is 2.06 bits per heavy atom. The molecule has 1 aliphatic heterocycles. The van der Waals surface area contributed by atoms with Gasteiger partial charge in [0.2, 0.25) is 0 Å². The molecular formula is C14H21BrN2O. The normalized spacial score (nSPS) is 18.7. The zero-order valence-electron chi connectivity index (χ0n) is 11.0. The van der Waals surface area contributed by atoms with Crippen LogP contribution < -0.4 is 10.6 Å². The van der Waals surface area contributed by atoms with Gasteiger partial charge in [-0.1, -0.05) is 15.9 Å². The van der Waals surface area contributed by atoms with E-state index in [1.165, 1.54) is 11.3 Å². The molecule has 1 fully saturated rings. The topological polar surface area (TPSA) is 38.5 Å². The van der Waals surface area contributed by atoms with Crippen molar-refractivity contribution in [2.45, 2.75) is 31.8 Å². The van der Waals surface area contributed by atoms with E-state index in [9.17, 15) is 0 Å². The summed E-state index contributed by atoms with van der Waals surface area (Å²) in [6.45, 7) is 3.75. The van der Waals surface area contributed by atoms with Crippen LogP contribution in [0.4, 0.5) is 5.69 Å². The number of benzene rings is 1. The minimum absolute atomic E-state index is 0.0415. The SMILES string of the molecule is CC(N)c1cc(Br)ccc1N(C)C1CCOCC1. The third-order valence-electron chi connectivity index (χ3n) is 3.60. The lowest BCUT2D eigenvalue weighted by molar-refractivity contribution is 0.0854. The van der Waals surface area contributed by atoms with Gasteiger partial charge >= 0.3 is 0 Å². The Morgan fingerprint density at radius 1 is 1.39 bits per heavy atom. The average Bonchev–Trinajstić information content (AvgIpc) is 2.39. The van der Waals surface area contributed by atoms with E-state index in [4.69, 9.17) is 10.5 Å². The second-order valence-electron chi connectivity index (χ2n) is 4.95. The lowest BCUT2D eigenvalue weighted by Crippen LogP contribution is -2.37. The van der Waals surface area contributed by atoms with Crippen LogP contribution in [0.15, 0.2) is 22.7 Å². The molecule has 1 saturated heterocycles. The molecule has 0 aromatic heterocycles. The van der Waals surface area contributed by atoms with Gasteiger partial charge in [0.05, 0.1) is 0 Å². The fourth-order valence-corrected chi connectivity index (χ4v) is 2.86. The van der Waals surface area contributed by atoms with Gasteiger partial charge in [-0.15, -0.1) is 0 Å². The Kier molecular flexibility index (Phi) is 4.65. The molecule has 1 aliphatic rings. The second kappa shape index (κ2) is 6.04. The minimum Gasteiger partial charge on any atom is -0.381 e. The smallest absolute Gasteiger partial charge is 0.0485 e. The van der Waals surface area contributed by atoms with Gasteiger partial charge in [-0.25, -0.2) is 0 Å². The lowest BCUT2D eigenvalue weighted by atomic mass is 10.0. The third-order valence-corrected chi connectivity index (χ3v) is 4.09. The van der Waals surface area contributed by atoms with E-state index in [1.807, 2.05) is 6.92 Å². The molecule has 1 heterocycles. The van der Waals surface area contributed by atoms with E-state index in [1.54, 1.807) is 0 Å². The molecule has 1 aromatic rings. The Morgan fingerprint density at radius 3 is 2.67 bits per heavy atom. The van der Waals surface area contributed by atoms with Crippen LogP contribution in [-0.2, 0) is 4.74 Å². The summed E-state index contributed by atoms with van der Waals surface area (Å²) in [5.41, 5.74) is 8.51. The van der Waals surface area contributed by atoms with E-state index in [-0.39, 0.29) is 6.04 Å². The molecule has 1 unspecified atom stereocenters. The molecule has 100 valence electrons. The quantitative estimate of drug-likeness (QED) is 0.932. The maximum Gasteiger partial charge on any atom is 0.0485 e. The molecule has 4 heteroatoms. The van der Waals surface area contributed by atoms with Crippen LogP contribution in [0.5, 0.6) is 0 Å². The minimum atomic E-state index is 0.0415. The van der Waals surface area contributed by atoms with Gasteiger partial charge in [0.1, 0.15) is 0 Å². The molecular weight excluding hydrogens is 292 g/mol. The van der Waals surface area contributed by atoms with E-state index >= 15 is 0 Å². The molecule has 0 spiro atoms. The van der Waals surface area contributed by atoms with Gasteiger partial charge < -0.3 is 15.4 Å². The van der Waals surface area contributed by atoms with Crippen LogP contribution >= 0.6 is 15.9 Å². The van der Waals surface area contributed by atoms with E-state index in [0.29, 0.717) is 6.04 Å². The first-order valence-corrected chi connectivity index (χ1v) is 7.24. The summed E-state index contributed by atoms with van der Waals surface area (Å²) in [6.07, 6.45) is 2.18. The highest BCUT2D eigenvalue weighted by molar-refractivity contribution is 9.10. The zero-order valence-corrected chi connectivity index (χ0v) is 12.6. The molecule has 0 amide bonds. The maximum atomic E-state index is 6.08. The van der Waals surface area contributed by atoms with Crippen LogP contribution in [0, 0.1) is 0 Å². The molecule has 18 heavy (non-hydrogen) atoms. The predicted molar refractivity (Wildman–Crippen MR) is 79.0 cm³/mol. The second-order valence-corrected chi connectivity index (χ2v) is 5.86. The largest absolute Gasteiger partial charge is 0.381 e. The van der Waals surface area contributed by atoms with Crippen molar-refractivity contribution in [3.63, 3.8) is 0 Å². The summed E-state index contributed by atoms with van der Waals surface area (Å²) in [6, 6.07) is 6.95. The molecule has 2 rings (SSSR count). The highest BCUT2D eigenvalue weighted by atomic mass is 79.9. The molecule has 3 nitrogen and oxygen atoms in total. The van der Waals surface area contributed by atoms with Crippen LogP contribution in [0.25, 0.3) is 0 Å². The number of hydrogen-bond acceptors (Lipinski definition) is 3. The van der Waals surface area contributed by atoms with Crippen LogP contribution in [0.1, 0.15) is 31.4 Å². The van der Waals surface area contributed by atoms with Crippen LogP contribution in [0.3, 0.4) is 0 Å². The van der Waals surface area contributed by atoms with Gasteiger partial charge in [-0.2, -0.15) is 0 Å². The summed E-state index contributed by atoms with van der Waals surface area (Å²) in [5.74, 6) is 0. The number of nitrogens with two attached hydrogens (primary N) is 1. The van der Waals surface area contributed by atoms with Crippen molar-refractivity contribution in [3.8, 4) is 0 Å². The number of nitrogens with zero attached hydrogens (tertiary/aromatic N) is 1. The standard InChI is InChI=1S/C14H21BrN2O/c1-10(16)13-9-11(15)3-4-14(13)17(2)12-5-7-18-8-6-12/h3-4,9-10,12H,5-8,16H2,1-2H3. The van der Waals surface area contributed by atoms with Gasteiger partial charge in [-0.3, -0.25) is 0 Å². The van der Waals surface area contributed by atoms with E-state index < -0.39 is 0 Å². The van der Waals surface area contributed by atoms with Gasteiger partial charge in [0.15, 0.2) is 0 Å². The Balaban J connectivity index is 2.25. The molecule has 1 aromatic carbocycles. The van der Waals surface area contributed by atoms with Crippen molar-refractivity contribution in [3.05, 3.63) is 28.2 Å². The van der Waals surface area contributed by atoms with E-state index in [0.717, 1.165) is 30.5 Å². The summed E-state index contributed by atoms with van der Waals surface area (Å²) in [7, 11) is 2.16. The summed E-state index contributed by atoms with van der Waals surface area (Å²) < 4.78 is 6.51. The van der Waals surface area contributed by atoms with Crippen molar-refractivity contribution in [1.82, 2.24) is 0 Å². The monoisotopic (exact) mass is 312 g/mol. The molecule has 0 radical (unpaired) electrons.